The minimum Gasteiger partial charge on any atom is -0.486 e. The van der Waals surface area contributed by atoms with Gasteiger partial charge in [-0.25, -0.2) is 23.1 Å². The fourth-order valence-electron chi connectivity index (χ4n) is 6.99. The van der Waals surface area contributed by atoms with E-state index in [1.165, 1.54) is 28.8 Å². The second kappa shape index (κ2) is 11.8. The van der Waals surface area contributed by atoms with Crippen LogP contribution in [-0.4, -0.2) is 48.2 Å². The average Bonchev–Trinajstić information content (AvgIpc) is 3.02. The number of halogens is 3. The Morgan fingerprint density at radius 3 is 2.55 bits per heavy atom. The standard InChI is InChI=1S/C35H36F3N5O/c1-21-6-7-22-4-3-5-31(27(22)16-21)43-14-15-44-34-29(37)17-24(18-32(34)43)33-30(38)20-39-35(41-33)40-25-8-9-26(28(36)19-25)23-10-12-42(2)13-11-23/h6-9,16-20,23,31H,3-5,10-15H2,1-2H3,(H,39,40,41). The lowest BCUT2D eigenvalue weighted by Crippen LogP contribution is -2.38. The van der Waals surface area contributed by atoms with Crippen LogP contribution in [0.1, 0.15) is 59.9 Å². The molecule has 44 heavy (non-hydrogen) atoms. The van der Waals surface area contributed by atoms with E-state index in [1.54, 1.807) is 18.2 Å². The number of benzene rings is 3. The highest BCUT2D eigenvalue weighted by molar-refractivity contribution is 5.73. The van der Waals surface area contributed by atoms with E-state index in [9.17, 15) is 0 Å². The van der Waals surface area contributed by atoms with E-state index in [-0.39, 0.29) is 40.7 Å². The van der Waals surface area contributed by atoms with Crippen LogP contribution in [0.3, 0.4) is 0 Å². The summed E-state index contributed by atoms with van der Waals surface area (Å²) in [6, 6.07) is 14.6. The van der Waals surface area contributed by atoms with Crippen molar-refractivity contribution in [2.24, 2.45) is 0 Å². The summed E-state index contributed by atoms with van der Waals surface area (Å²) in [5.74, 6) is -1.09. The maximum Gasteiger partial charge on any atom is 0.227 e. The molecule has 1 fully saturated rings. The van der Waals surface area contributed by atoms with Crippen LogP contribution in [0.2, 0.25) is 0 Å². The second-order valence-electron chi connectivity index (χ2n) is 12.3. The Morgan fingerprint density at radius 1 is 0.886 bits per heavy atom. The molecule has 0 bridgehead atoms. The van der Waals surface area contributed by atoms with E-state index < -0.39 is 11.6 Å². The molecule has 0 amide bonds. The number of aromatic nitrogens is 2. The van der Waals surface area contributed by atoms with Crippen LogP contribution in [0.25, 0.3) is 11.3 Å². The van der Waals surface area contributed by atoms with Gasteiger partial charge in [-0.05, 0) is 106 Å². The number of ether oxygens (including phenoxy) is 1. The highest BCUT2D eigenvalue weighted by Crippen LogP contribution is 2.45. The fraction of sp³-hybridized carbons (Fsp3) is 0.371. The Bertz CT molecular complexity index is 1700. The summed E-state index contributed by atoms with van der Waals surface area (Å²) < 4.78 is 51.7. The summed E-state index contributed by atoms with van der Waals surface area (Å²) in [6.07, 6.45) is 5.87. The molecule has 1 atom stereocenters. The molecule has 1 unspecified atom stereocenters. The van der Waals surface area contributed by atoms with E-state index >= 15 is 13.2 Å². The average molecular weight is 600 g/mol. The molecule has 9 heteroatoms. The number of rotatable bonds is 5. The summed E-state index contributed by atoms with van der Waals surface area (Å²) in [6.45, 7) is 4.92. The van der Waals surface area contributed by atoms with Gasteiger partial charge in [-0.1, -0.05) is 29.8 Å². The van der Waals surface area contributed by atoms with E-state index in [1.807, 2.05) is 0 Å². The maximum absolute atomic E-state index is 15.6. The second-order valence-corrected chi connectivity index (χ2v) is 12.3. The van der Waals surface area contributed by atoms with Crippen LogP contribution >= 0.6 is 0 Å². The van der Waals surface area contributed by atoms with Crippen LogP contribution in [0.5, 0.6) is 5.75 Å². The van der Waals surface area contributed by atoms with Crippen molar-refractivity contribution in [2.45, 2.75) is 51.0 Å². The summed E-state index contributed by atoms with van der Waals surface area (Å²) in [4.78, 5) is 12.9. The number of nitrogens with one attached hydrogen (secondary N) is 1. The minimum absolute atomic E-state index is 0.0435. The molecule has 2 aliphatic heterocycles. The van der Waals surface area contributed by atoms with E-state index in [0.29, 0.717) is 30.1 Å². The molecule has 1 saturated heterocycles. The van der Waals surface area contributed by atoms with Crippen LogP contribution in [0.15, 0.2) is 54.7 Å². The van der Waals surface area contributed by atoms with Crippen molar-refractivity contribution in [3.8, 4) is 17.0 Å². The Kier molecular flexibility index (Phi) is 7.66. The number of fused-ring (bicyclic) bond motifs is 2. The molecule has 1 N–H and O–H groups in total. The van der Waals surface area contributed by atoms with Crippen LogP contribution in [0.4, 0.5) is 30.5 Å². The van der Waals surface area contributed by atoms with Gasteiger partial charge >= 0.3 is 0 Å². The van der Waals surface area contributed by atoms with Gasteiger partial charge in [0.05, 0.1) is 24.5 Å². The van der Waals surface area contributed by atoms with Crippen molar-refractivity contribution in [1.82, 2.24) is 14.9 Å². The molecule has 7 rings (SSSR count). The van der Waals surface area contributed by atoms with Crippen molar-refractivity contribution in [3.63, 3.8) is 0 Å². The molecule has 6 nitrogen and oxygen atoms in total. The molecule has 0 radical (unpaired) electrons. The highest BCUT2D eigenvalue weighted by Gasteiger charge is 2.32. The fourth-order valence-corrected chi connectivity index (χ4v) is 6.99. The van der Waals surface area contributed by atoms with Gasteiger partial charge < -0.3 is 19.9 Å². The smallest absolute Gasteiger partial charge is 0.227 e. The van der Waals surface area contributed by atoms with Crippen molar-refractivity contribution < 1.29 is 17.9 Å². The van der Waals surface area contributed by atoms with Crippen molar-refractivity contribution in [2.75, 3.05) is 43.5 Å². The molecular weight excluding hydrogens is 563 g/mol. The summed E-state index contributed by atoms with van der Waals surface area (Å²) in [5.41, 5.74) is 5.74. The van der Waals surface area contributed by atoms with Gasteiger partial charge in [0.1, 0.15) is 18.1 Å². The molecule has 1 aliphatic carbocycles. The first-order valence-corrected chi connectivity index (χ1v) is 15.4. The topological polar surface area (TPSA) is 53.5 Å². The maximum atomic E-state index is 15.6. The van der Waals surface area contributed by atoms with Crippen molar-refractivity contribution in [3.05, 3.63) is 94.4 Å². The molecule has 3 aliphatic rings. The van der Waals surface area contributed by atoms with E-state index in [4.69, 9.17) is 4.74 Å². The summed E-state index contributed by atoms with van der Waals surface area (Å²) in [7, 11) is 2.08. The van der Waals surface area contributed by atoms with Crippen molar-refractivity contribution in [1.29, 1.82) is 0 Å². The van der Waals surface area contributed by atoms with Gasteiger partial charge in [0.25, 0.3) is 0 Å². The lowest BCUT2D eigenvalue weighted by Gasteiger charge is -2.41. The normalized spacial score (nSPS) is 18.8. The molecule has 228 valence electrons. The van der Waals surface area contributed by atoms with Gasteiger partial charge in [0, 0.05) is 11.3 Å². The first-order valence-electron chi connectivity index (χ1n) is 15.4. The van der Waals surface area contributed by atoms with Gasteiger partial charge in [0.15, 0.2) is 17.4 Å². The number of nitrogens with zero attached hydrogens (tertiary/aromatic N) is 4. The molecule has 3 heterocycles. The van der Waals surface area contributed by atoms with Crippen LogP contribution in [-0.2, 0) is 6.42 Å². The number of aryl methyl sites for hydroxylation is 2. The van der Waals surface area contributed by atoms with Crippen molar-refractivity contribution >= 4 is 17.3 Å². The predicted molar refractivity (Wildman–Crippen MR) is 166 cm³/mol. The lowest BCUT2D eigenvalue weighted by molar-refractivity contribution is 0.253. The monoisotopic (exact) mass is 599 g/mol. The van der Waals surface area contributed by atoms with Crippen LogP contribution in [0, 0.1) is 24.4 Å². The third-order valence-corrected chi connectivity index (χ3v) is 9.30. The molecular formula is C35H36F3N5O. The van der Waals surface area contributed by atoms with E-state index in [2.05, 4.69) is 57.3 Å². The van der Waals surface area contributed by atoms with Gasteiger partial charge in [-0.15, -0.1) is 0 Å². The zero-order valence-corrected chi connectivity index (χ0v) is 25.0. The van der Waals surface area contributed by atoms with Gasteiger partial charge in [-0.2, -0.15) is 0 Å². The predicted octanol–water partition coefficient (Wildman–Crippen LogP) is 7.70. The van der Waals surface area contributed by atoms with Crippen LogP contribution < -0.4 is 15.0 Å². The zero-order chi connectivity index (χ0) is 30.4. The molecule has 0 saturated carbocycles. The molecule has 4 aromatic rings. The van der Waals surface area contributed by atoms with Gasteiger partial charge in [0.2, 0.25) is 5.95 Å². The molecule has 1 aromatic heterocycles. The van der Waals surface area contributed by atoms with Gasteiger partial charge in [-0.3, -0.25) is 0 Å². The first kappa shape index (κ1) is 28.6. The Labute approximate surface area is 255 Å². The largest absolute Gasteiger partial charge is 0.486 e. The first-order chi connectivity index (χ1) is 21.3. The third kappa shape index (κ3) is 5.49. The number of hydrogen-bond acceptors (Lipinski definition) is 6. The Hall–Kier alpha value is -4.11. The minimum atomic E-state index is -0.680. The Morgan fingerprint density at radius 2 is 1.73 bits per heavy atom. The number of piperidine rings is 1. The Balaban J connectivity index is 1.19. The number of hydrogen-bond donors (Lipinski definition) is 1. The van der Waals surface area contributed by atoms with E-state index in [0.717, 1.165) is 51.4 Å². The number of likely N-dealkylation sites (tertiary alicyclic amines) is 1. The quantitative estimate of drug-likeness (QED) is 0.254. The zero-order valence-electron chi connectivity index (χ0n) is 25.0. The summed E-state index contributed by atoms with van der Waals surface area (Å²) >= 11 is 0. The lowest BCUT2D eigenvalue weighted by atomic mass is 9.85. The highest BCUT2D eigenvalue weighted by atomic mass is 19.1. The summed E-state index contributed by atoms with van der Waals surface area (Å²) in [5, 5.41) is 3.01. The SMILES string of the molecule is Cc1ccc2c(c1)C(N1CCOc3c(F)cc(-c4nc(Nc5ccc(C6CCN(C)CC6)c(F)c5)ncc4F)cc31)CCC2. The molecule has 3 aromatic carbocycles. The third-order valence-electron chi connectivity index (χ3n) is 9.30. The molecule has 0 spiro atoms. The number of anilines is 3.